The third-order valence-electron chi connectivity index (χ3n) is 3.41. The number of hydrazine groups is 1. The second kappa shape index (κ2) is 7.78. The van der Waals surface area contributed by atoms with Gasteiger partial charge in [-0.3, -0.25) is 11.3 Å². The minimum absolute atomic E-state index is 0.117. The van der Waals surface area contributed by atoms with E-state index >= 15 is 0 Å². The van der Waals surface area contributed by atoms with Crippen molar-refractivity contribution in [1.82, 2.24) is 5.43 Å². The van der Waals surface area contributed by atoms with E-state index in [2.05, 4.69) is 5.43 Å². The minimum Gasteiger partial charge on any atom is -0.375 e. The van der Waals surface area contributed by atoms with Gasteiger partial charge in [0.05, 0.1) is 12.1 Å². The second-order valence-corrected chi connectivity index (χ2v) is 5.62. The summed E-state index contributed by atoms with van der Waals surface area (Å²) in [7, 11) is 1.67. The van der Waals surface area contributed by atoms with Gasteiger partial charge in [0.25, 0.3) is 0 Å². The van der Waals surface area contributed by atoms with Crippen molar-refractivity contribution in [1.29, 1.82) is 0 Å². The lowest BCUT2D eigenvalue weighted by molar-refractivity contribution is 0.0679. The lowest BCUT2D eigenvalue weighted by Gasteiger charge is -2.26. The topological polar surface area (TPSA) is 47.3 Å². The van der Waals surface area contributed by atoms with Gasteiger partial charge in [0, 0.05) is 17.2 Å². The molecular weight excluding hydrogens is 307 g/mol. The van der Waals surface area contributed by atoms with Gasteiger partial charge in [0.15, 0.2) is 0 Å². The third kappa shape index (κ3) is 4.19. The van der Waals surface area contributed by atoms with Crippen molar-refractivity contribution >= 4 is 23.2 Å². The summed E-state index contributed by atoms with van der Waals surface area (Å²) in [5.74, 6) is 5.72. The van der Waals surface area contributed by atoms with Crippen LogP contribution in [0.2, 0.25) is 10.0 Å². The zero-order valence-corrected chi connectivity index (χ0v) is 13.2. The van der Waals surface area contributed by atoms with Gasteiger partial charge in [-0.05, 0) is 35.7 Å². The molecule has 0 spiro atoms. The molecule has 0 aliphatic carbocycles. The van der Waals surface area contributed by atoms with E-state index in [4.69, 9.17) is 33.8 Å². The summed E-state index contributed by atoms with van der Waals surface area (Å²) in [5, 5.41) is 1.32. The number of hydrogen-bond donors (Lipinski definition) is 2. The first-order valence-corrected chi connectivity index (χ1v) is 7.39. The Morgan fingerprint density at radius 3 is 2.48 bits per heavy atom. The summed E-state index contributed by atoms with van der Waals surface area (Å²) >= 11 is 12.3. The fraction of sp³-hybridized carbons (Fsp3) is 0.250. The molecule has 3 N–H and O–H groups in total. The number of hydrogen-bond acceptors (Lipinski definition) is 3. The molecule has 112 valence electrons. The van der Waals surface area contributed by atoms with Gasteiger partial charge >= 0.3 is 0 Å². The molecular formula is C16H18Cl2N2O. The fourth-order valence-electron chi connectivity index (χ4n) is 2.37. The smallest absolute Gasteiger partial charge is 0.0990 e. The molecule has 0 bridgehead atoms. The van der Waals surface area contributed by atoms with E-state index in [1.165, 1.54) is 0 Å². The number of rotatable bonds is 6. The van der Waals surface area contributed by atoms with Crippen molar-refractivity contribution in [2.45, 2.75) is 18.6 Å². The predicted octanol–water partition coefficient (Wildman–Crippen LogP) is 3.76. The lowest BCUT2D eigenvalue weighted by Crippen LogP contribution is -2.42. The molecule has 2 aromatic rings. The highest BCUT2D eigenvalue weighted by molar-refractivity contribution is 6.33. The Hall–Kier alpha value is -1.10. The highest BCUT2D eigenvalue weighted by atomic mass is 35.5. The van der Waals surface area contributed by atoms with Crippen LogP contribution in [-0.2, 0) is 11.2 Å². The van der Waals surface area contributed by atoms with E-state index in [0.717, 1.165) is 11.1 Å². The standard InChI is InChI=1S/C16H18Cl2N2O/c1-21-16(11-5-3-2-4-6-11)15(20-19)10-12-9-13(17)7-8-14(12)18/h2-9,15-16,20H,10,19H2,1H3. The molecule has 21 heavy (non-hydrogen) atoms. The lowest BCUT2D eigenvalue weighted by atomic mass is 9.96. The number of nitrogens with one attached hydrogen (secondary N) is 1. The van der Waals surface area contributed by atoms with Gasteiger partial charge in [-0.1, -0.05) is 53.5 Å². The van der Waals surface area contributed by atoms with E-state index in [1.807, 2.05) is 36.4 Å². The Balaban J connectivity index is 2.24. The number of ether oxygens (including phenoxy) is 1. The maximum Gasteiger partial charge on any atom is 0.0990 e. The summed E-state index contributed by atoms with van der Waals surface area (Å²) in [6.45, 7) is 0. The Kier molecular flexibility index (Phi) is 6.03. The van der Waals surface area contributed by atoms with E-state index in [-0.39, 0.29) is 12.1 Å². The first-order chi connectivity index (χ1) is 10.2. The van der Waals surface area contributed by atoms with E-state index in [1.54, 1.807) is 19.2 Å². The third-order valence-corrected chi connectivity index (χ3v) is 4.01. The predicted molar refractivity (Wildman–Crippen MR) is 87.5 cm³/mol. The number of halogens is 2. The van der Waals surface area contributed by atoms with Gasteiger partial charge in [-0.15, -0.1) is 0 Å². The molecule has 2 unspecified atom stereocenters. The first kappa shape index (κ1) is 16.3. The molecule has 0 radical (unpaired) electrons. The van der Waals surface area contributed by atoms with Crippen LogP contribution in [0.4, 0.5) is 0 Å². The largest absolute Gasteiger partial charge is 0.375 e. The van der Waals surface area contributed by atoms with Crippen LogP contribution >= 0.6 is 23.2 Å². The molecule has 0 saturated heterocycles. The van der Waals surface area contributed by atoms with Crippen molar-refractivity contribution in [3.05, 3.63) is 69.7 Å². The average Bonchev–Trinajstić information content (AvgIpc) is 2.51. The van der Waals surface area contributed by atoms with Crippen LogP contribution in [-0.4, -0.2) is 13.2 Å². The summed E-state index contributed by atoms with van der Waals surface area (Å²) in [6, 6.07) is 15.2. The van der Waals surface area contributed by atoms with Crippen LogP contribution in [0.1, 0.15) is 17.2 Å². The molecule has 2 aromatic carbocycles. The Morgan fingerprint density at radius 2 is 1.86 bits per heavy atom. The van der Waals surface area contributed by atoms with E-state index in [0.29, 0.717) is 16.5 Å². The zero-order chi connectivity index (χ0) is 15.2. The van der Waals surface area contributed by atoms with Gasteiger partial charge in [0.1, 0.15) is 0 Å². The highest BCUT2D eigenvalue weighted by Gasteiger charge is 2.23. The number of nitrogens with two attached hydrogens (primary N) is 1. The molecule has 0 aromatic heterocycles. The molecule has 0 aliphatic heterocycles. The quantitative estimate of drug-likeness (QED) is 0.628. The van der Waals surface area contributed by atoms with Gasteiger partial charge < -0.3 is 4.74 Å². The molecule has 0 aliphatic rings. The van der Waals surface area contributed by atoms with Crippen LogP contribution in [0.15, 0.2) is 48.5 Å². The van der Waals surface area contributed by atoms with Crippen LogP contribution in [0, 0.1) is 0 Å². The van der Waals surface area contributed by atoms with Gasteiger partial charge in [-0.2, -0.15) is 0 Å². The maximum absolute atomic E-state index is 6.22. The first-order valence-electron chi connectivity index (χ1n) is 6.63. The van der Waals surface area contributed by atoms with Crippen LogP contribution in [0.3, 0.4) is 0 Å². The monoisotopic (exact) mass is 324 g/mol. The maximum atomic E-state index is 6.22. The van der Waals surface area contributed by atoms with Gasteiger partial charge in [-0.25, -0.2) is 0 Å². The molecule has 0 amide bonds. The van der Waals surface area contributed by atoms with Crippen molar-refractivity contribution in [3.63, 3.8) is 0 Å². The van der Waals surface area contributed by atoms with E-state index in [9.17, 15) is 0 Å². The number of benzene rings is 2. The van der Waals surface area contributed by atoms with Crippen LogP contribution in [0.5, 0.6) is 0 Å². The normalized spacial score (nSPS) is 13.9. The molecule has 0 heterocycles. The van der Waals surface area contributed by atoms with Crippen molar-refractivity contribution in [2.24, 2.45) is 5.84 Å². The fourth-order valence-corrected chi connectivity index (χ4v) is 2.75. The van der Waals surface area contributed by atoms with Crippen molar-refractivity contribution in [2.75, 3.05) is 7.11 Å². The Morgan fingerprint density at radius 1 is 1.14 bits per heavy atom. The molecule has 0 fully saturated rings. The molecule has 5 heteroatoms. The average molecular weight is 325 g/mol. The molecule has 2 rings (SSSR count). The van der Waals surface area contributed by atoms with Gasteiger partial charge in [0.2, 0.25) is 0 Å². The van der Waals surface area contributed by atoms with Crippen molar-refractivity contribution < 1.29 is 4.74 Å². The molecule has 2 atom stereocenters. The SMILES string of the molecule is COC(c1ccccc1)C(Cc1cc(Cl)ccc1Cl)NN. The summed E-state index contributed by atoms with van der Waals surface area (Å²) in [4.78, 5) is 0. The zero-order valence-electron chi connectivity index (χ0n) is 11.7. The highest BCUT2D eigenvalue weighted by Crippen LogP contribution is 2.27. The molecule has 3 nitrogen and oxygen atoms in total. The minimum atomic E-state index is -0.175. The Labute approximate surface area is 135 Å². The Bertz CT molecular complexity index is 578. The summed E-state index contributed by atoms with van der Waals surface area (Å²) < 4.78 is 5.61. The van der Waals surface area contributed by atoms with Crippen LogP contribution in [0.25, 0.3) is 0 Å². The summed E-state index contributed by atoms with van der Waals surface area (Å²) in [6.07, 6.45) is 0.440. The number of methoxy groups -OCH3 is 1. The van der Waals surface area contributed by atoms with E-state index < -0.39 is 0 Å². The van der Waals surface area contributed by atoms with Crippen molar-refractivity contribution in [3.8, 4) is 0 Å². The molecule has 0 saturated carbocycles. The summed E-state index contributed by atoms with van der Waals surface area (Å²) in [5.41, 5.74) is 4.81. The second-order valence-electron chi connectivity index (χ2n) is 4.78. The van der Waals surface area contributed by atoms with Crippen LogP contribution < -0.4 is 11.3 Å².